The molecule has 0 aliphatic rings. The zero-order valence-electron chi connectivity index (χ0n) is 20.3. The highest BCUT2D eigenvalue weighted by Gasteiger charge is 2.34. The quantitative estimate of drug-likeness (QED) is 0.318. The van der Waals surface area contributed by atoms with Crippen LogP contribution in [0, 0.1) is 12.3 Å². The molecule has 172 valence electrons. The van der Waals surface area contributed by atoms with E-state index < -0.39 is 5.41 Å². The highest BCUT2D eigenvalue weighted by molar-refractivity contribution is 8.00. The number of esters is 1. The average molecular weight is 454 g/mol. The van der Waals surface area contributed by atoms with Crippen LogP contribution in [0.2, 0.25) is 0 Å². The first-order valence-electron chi connectivity index (χ1n) is 11.2. The third-order valence-electron chi connectivity index (χ3n) is 5.41. The molecular weight excluding hydrogens is 418 g/mol. The third kappa shape index (κ3) is 5.50. The third-order valence-corrected chi connectivity index (χ3v) is 6.68. The highest BCUT2D eigenvalue weighted by Crippen LogP contribution is 2.44. The predicted octanol–water partition coefficient (Wildman–Crippen LogP) is 6.73. The Morgan fingerprint density at radius 3 is 2.31 bits per heavy atom. The number of hydrogen-bond donors (Lipinski definition) is 1. The summed E-state index contributed by atoms with van der Waals surface area (Å²) in [7, 11) is 0. The van der Waals surface area contributed by atoms with Gasteiger partial charge in [0.05, 0.1) is 12.0 Å². The van der Waals surface area contributed by atoms with Gasteiger partial charge in [0.2, 0.25) is 0 Å². The number of aromatic nitrogens is 1. The Hall–Kier alpha value is -2.40. The SMILES string of the molecule is CCOC(=O)C(C)(C)Cc1c(SC(C)(C)C)c2cc(O)ccc2n1Cc1ccc(C)cc1. The number of nitrogens with zero attached hydrogens (tertiary/aromatic N) is 1. The number of thioether (sulfide) groups is 1. The summed E-state index contributed by atoms with van der Waals surface area (Å²) in [5.74, 6) is 0.0543. The van der Waals surface area contributed by atoms with Gasteiger partial charge < -0.3 is 14.4 Å². The molecule has 0 fully saturated rings. The summed E-state index contributed by atoms with van der Waals surface area (Å²) in [6, 6.07) is 14.1. The van der Waals surface area contributed by atoms with Crippen molar-refractivity contribution >= 4 is 28.6 Å². The van der Waals surface area contributed by atoms with Crippen LogP contribution in [0.1, 0.15) is 58.4 Å². The van der Waals surface area contributed by atoms with Crippen LogP contribution in [-0.4, -0.2) is 27.0 Å². The molecule has 5 heteroatoms. The first-order valence-corrected chi connectivity index (χ1v) is 12.0. The van der Waals surface area contributed by atoms with E-state index in [4.69, 9.17) is 4.74 Å². The molecule has 3 aromatic rings. The lowest BCUT2D eigenvalue weighted by Gasteiger charge is -2.26. The fourth-order valence-corrected chi connectivity index (χ4v) is 5.02. The zero-order chi connectivity index (χ0) is 23.7. The zero-order valence-corrected chi connectivity index (χ0v) is 21.1. The average Bonchev–Trinajstić information content (AvgIpc) is 2.94. The maximum Gasteiger partial charge on any atom is 0.311 e. The second-order valence-corrected chi connectivity index (χ2v) is 11.9. The van der Waals surface area contributed by atoms with E-state index in [1.165, 1.54) is 11.1 Å². The summed E-state index contributed by atoms with van der Waals surface area (Å²) in [6.45, 7) is 15.4. The second-order valence-electron chi connectivity index (χ2n) is 10.0. The van der Waals surface area contributed by atoms with Crippen molar-refractivity contribution in [3.63, 3.8) is 0 Å². The molecule has 2 aromatic carbocycles. The monoisotopic (exact) mass is 453 g/mol. The number of aryl methyl sites for hydroxylation is 1. The molecule has 0 aliphatic heterocycles. The Morgan fingerprint density at radius 1 is 1.06 bits per heavy atom. The number of benzene rings is 2. The van der Waals surface area contributed by atoms with Gasteiger partial charge in [0.25, 0.3) is 0 Å². The number of carbonyl (C=O) groups excluding carboxylic acids is 1. The van der Waals surface area contributed by atoms with Crippen molar-refractivity contribution in [3.05, 3.63) is 59.3 Å². The minimum absolute atomic E-state index is 0.0305. The summed E-state index contributed by atoms with van der Waals surface area (Å²) >= 11 is 1.78. The fraction of sp³-hybridized carbons (Fsp3) is 0.444. The van der Waals surface area contributed by atoms with E-state index in [-0.39, 0.29) is 16.5 Å². The molecule has 0 saturated carbocycles. The van der Waals surface area contributed by atoms with Gasteiger partial charge in [-0.25, -0.2) is 0 Å². The van der Waals surface area contributed by atoms with E-state index in [9.17, 15) is 9.90 Å². The second kappa shape index (κ2) is 9.22. The molecule has 0 saturated heterocycles. The largest absolute Gasteiger partial charge is 0.508 e. The standard InChI is InChI=1S/C27H35NO3S/c1-8-31-25(30)27(6,7)16-23-24(32-26(3,4)5)21-15-20(29)13-14-22(21)28(23)17-19-11-9-18(2)10-12-19/h9-15,29H,8,16-17H2,1-7H3. The molecule has 32 heavy (non-hydrogen) atoms. The van der Waals surface area contributed by atoms with Gasteiger partial charge in [-0.05, 0) is 51.5 Å². The van der Waals surface area contributed by atoms with Gasteiger partial charge in [0, 0.05) is 39.2 Å². The molecule has 0 aliphatic carbocycles. The Labute approximate surface area is 196 Å². The van der Waals surface area contributed by atoms with Crippen LogP contribution in [0.3, 0.4) is 0 Å². The van der Waals surface area contributed by atoms with Crippen LogP contribution in [-0.2, 0) is 22.5 Å². The van der Waals surface area contributed by atoms with E-state index in [0.717, 1.165) is 21.5 Å². The maximum atomic E-state index is 12.8. The number of fused-ring (bicyclic) bond motifs is 1. The van der Waals surface area contributed by atoms with Crippen LogP contribution in [0.15, 0.2) is 47.4 Å². The summed E-state index contributed by atoms with van der Waals surface area (Å²) in [5.41, 5.74) is 3.91. The summed E-state index contributed by atoms with van der Waals surface area (Å²) in [6.07, 6.45) is 0.547. The van der Waals surface area contributed by atoms with Gasteiger partial charge in [-0.15, -0.1) is 11.8 Å². The minimum atomic E-state index is -0.676. The van der Waals surface area contributed by atoms with Gasteiger partial charge in [-0.3, -0.25) is 4.79 Å². The van der Waals surface area contributed by atoms with E-state index in [0.29, 0.717) is 19.6 Å². The van der Waals surface area contributed by atoms with Crippen molar-refractivity contribution in [3.8, 4) is 5.75 Å². The van der Waals surface area contributed by atoms with Crippen molar-refractivity contribution < 1.29 is 14.6 Å². The molecule has 1 heterocycles. The Morgan fingerprint density at radius 2 is 1.72 bits per heavy atom. The molecule has 0 radical (unpaired) electrons. The van der Waals surface area contributed by atoms with Crippen molar-refractivity contribution in [2.24, 2.45) is 5.41 Å². The summed E-state index contributed by atoms with van der Waals surface area (Å²) in [5, 5.41) is 11.3. The Kier molecular flexibility index (Phi) is 6.99. The fourth-order valence-electron chi connectivity index (χ4n) is 3.83. The molecule has 0 spiro atoms. The lowest BCUT2D eigenvalue weighted by Crippen LogP contribution is -2.30. The summed E-state index contributed by atoms with van der Waals surface area (Å²) < 4.78 is 7.66. The number of hydrogen-bond acceptors (Lipinski definition) is 4. The molecule has 4 nitrogen and oxygen atoms in total. The first kappa shape index (κ1) is 24.2. The van der Waals surface area contributed by atoms with Gasteiger partial charge >= 0.3 is 5.97 Å². The van der Waals surface area contributed by atoms with Gasteiger partial charge in [0.1, 0.15) is 5.75 Å². The molecule has 0 atom stereocenters. The molecular formula is C27H35NO3S. The van der Waals surface area contributed by atoms with Crippen LogP contribution in [0.4, 0.5) is 0 Å². The molecule has 1 N–H and O–H groups in total. The van der Waals surface area contributed by atoms with E-state index >= 15 is 0 Å². The lowest BCUT2D eigenvalue weighted by atomic mass is 9.87. The highest BCUT2D eigenvalue weighted by atomic mass is 32.2. The number of ether oxygens (including phenoxy) is 1. The van der Waals surface area contributed by atoms with E-state index in [2.05, 4.69) is 56.5 Å². The van der Waals surface area contributed by atoms with E-state index in [1.807, 2.05) is 32.9 Å². The van der Waals surface area contributed by atoms with Crippen molar-refractivity contribution in [1.82, 2.24) is 4.57 Å². The number of rotatable bonds is 7. The number of carbonyl (C=O) groups is 1. The lowest BCUT2D eigenvalue weighted by molar-refractivity contribution is -0.153. The number of phenols is 1. The van der Waals surface area contributed by atoms with Crippen molar-refractivity contribution in [2.45, 2.75) is 71.1 Å². The molecule has 0 bridgehead atoms. The molecule has 0 amide bonds. The van der Waals surface area contributed by atoms with Crippen LogP contribution < -0.4 is 0 Å². The Balaban J connectivity index is 2.22. The Bertz CT molecular complexity index is 1100. The molecule has 1 aromatic heterocycles. The van der Waals surface area contributed by atoms with Gasteiger partial charge in [-0.1, -0.05) is 50.6 Å². The molecule has 0 unspecified atom stereocenters. The van der Waals surface area contributed by atoms with Gasteiger partial charge in [-0.2, -0.15) is 0 Å². The van der Waals surface area contributed by atoms with Crippen LogP contribution in [0.5, 0.6) is 5.75 Å². The normalized spacial score (nSPS) is 12.3. The maximum absolute atomic E-state index is 12.8. The number of aromatic hydroxyl groups is 1. The first-order chi connectivity index (χ1) is 14.9. The smallest absolute Gasteiger partial charge is 0.311 e. The minimum Gasteiger partial charge on any atom is -0.508 e. The molecule has 3 rings (SSSR count). The van der Waals surface area contributed by atoms with Gasteiger partial charge in [0.15, 0.2) is 0 Å². The van der Waals surface area contributed by atoms with Crippen molar-refractivity contribution in [1.29, 1.82) is 0 Å². The summed E-state index contributed by atoms with van der Waals surface area (Å²) in [4.78, 5) is 13.9. The topological polar surface area (TPSA) is 51.5 Å². The number of phenolic OH excluding ortho intramolecular Hbond substituents is 1. The van der Waals surface area contributed by atoms with Crippen molar-refractivity contribution in [2.75, 3.05) is 6.61 Å². The predicted molar refractivity (Wildman–Crippen MR) is 134 cm³/mol. The van der Waals surface area contributed by atoms with E-state index in [1.54, 1.807) is 17.8 Å². The van der Waals surface area contributed by atoms with Crippen LogP contribution >= 0.6 is 11.8 Å². The van der Waals surface area contributed by atoms with Crippen LogP contribution in [0.25, 0.3) is 10.9 Å².